The largest absolute Gasteiger partial charge is 0.300 e. The summed E-state index contributed by atoms with van der Waals surface area (Å²) in [6, 6.07) is 0. The van der Waals surface area contributed by atoms with Crippen LogP contribution in [0.3, 0.4) is 0 Å². The van der Waals surface area contributed by atoms with E-state index in [9.17, 15) is 4.79 Å². The van der Waals surface area contributed by atoms with E-state index in [0.717, 1.165) is 24.7 Å². The average Bonchev–Trinajstić information content (AvgIpc) is 2.21. The molecular formula is C11H20NOP. The first-order valence-corrected chi connectivity index (χ1v) is 6.28. The zero-order valence-corrected chi connectivity index (χ0v) is 9.90. The van der Waals surface area contributed by atoms with Crippen LogP contribution in [-0.2, 0) is 4.79 Å². The quantitative estimate of drug-likeness (QED) is 0.623. The maximum atomic E-state index is 11.1. The number of rotatable bonds is 1. The normalized spacial score (nSPS) is 28.2. The van der Waals surface area contributed by atoms with Crippen molar-refractivity contribution in [3.8, 4) is 0 Å². The molecule has 2 nitrogen and oxygen atoms in total. The number of piperidine rings is 1. The third-order valence-electron chi connectivity index (χ3n) is 3.83. The Morgan fingerprint density at radius 1 is 1.00 bits per heavy atom. The maximum absolute atomic E-state index is 11.1. The molecule has 1 heterocycles. The third-order valence-corrected chi connectivity index (χ3v) is 4.35. The molecular weight excluding hydrogens is 193 g/mol. The van der Waals surface area contributed by atoms with Gasteiger partial charge >= 0.3 is 0 Å². The van der Waals surface area contributed by atoms with Gasteiger partial charge in [0.15, 0.2) is 0 Å². The van der Waals surface area contributed by atoms with E-state index in [2.05, 4.69) is 14.1 Å². The summed E-state index contributed by atoms with van der Waals surface area (Å²) in [6.45, 7) is 2.44. The molecule has 2 fully saturated rings. The van der Waals surface area contributed by atoms with Crippen molar-refractivity contribution in [3.63, 3.8) is 0 Å². The fraction of sp³-hybridized carbons (Fsp3) is 0.909. The zero-order chi connectivity index (χ0) is 9.97. The number of Topliss-reactive ketones (excluding diaryl/α,β-unsaturated/α-hetero) is 1. The number of hydrogen-bond donors (Lipinski definition) is 0. The second-order valence-corrected chi connectivity index (χ2v) is 5.48. The van der Waals surface area contributed by atoms with E-state index in [0.29, 0.717) is 5.78 Å². The molecule has 0 aromatic heterocycles. The molecule has 0 N–H and O–H groups in total. The first-order chi connectivity index (χ1) is 6.75. The minimum atomic E-state index is 0.490. The van der Waals surface area contributed by atoms with Gasteiger partial charge in [0.2, 0.25) is 0 Å². The Labute approximate surface area is 88.7 Å². The smallest absolute Gasteiger partial charge is 0.132 e. The second-order valence-electron chi connectivity index (χ2n) is 4.75. The van der Waals surface area contributed by atoms with Gasteiger partial charge in [-0.15, -0.1) is 0 Å². The van der Waals surface area contributed by atoms with Gasteiger partial charge < -0.3 is 0 Å². The van der Waals surface area contributed by atoms with E-state index in [-0.39, 0.29) is 0 Å². The van der Waals surface area contributed by atoms with E-state index in [4.69, 9.17) is 0 Å². The summed E-state index contributed by atoms with van der Waals surface area (Å²) in [5, 5.41) is 0. The van der Waals surface area contributed by atoms with Gasteiger partial charge in [-0.2, -0.15) is 0 Å². The summed E-state index contributed by atoms with van der Waals surface area (Å²) in [7, 11) is 2.80. The topological polar surface area (TPSA) is 20.3 Å². The van der Waals surface area contributed by atoms with Crippen molar-refractivity contribution in [2.24, 2.45) is 11.8 Å². The van der Waals surface area contributed by atoms with Gasteiger partial charge in [-0.05, 0) is 37.5 Å². The minimum Gasteiger partial charge on any atom is -0.300 e. The van der Waals surface area contributed by atoms with Gasteiger partial charge in [-0.3, -0.25) is 9.46 Å². The summed E-state index contributed by atoms with van der Waals surface area (Å²) < 4.78 is 2.34. The van der Waals surface area contributed by atoms with Gasteiger partial charge in [0.1, 0.15) is 5.78 Å². The van der Waals surface area contributed by atoms with E-state index in [1.807, 2.05) is 0 Å². The Balaban J connectivity index is 1.81. The first kappa shape index (κ1) is 10.6. The Kier molecular flexibility index (Phi) is 3.57. The average molecular weight is 213 g/mol. The molecule has 0 aromatic rings. The van der Waals surface area contributed by atoms with Crippen LogP contribution in [-0.4, -0.2) is 23.5 Å². The molecule has 1 aliphatic carbocycles. The van der Waals surface area contributed by atoms with Crippen LogP contribution < -0.4 is 0 Å². The molecule has 0 amide bonds. The van der Waals surface area contributed by atoms with Crippen molar-refractivity contribution in [1.82, 2.24) is 4.67 Å². The molecule has 0 bridgehead atoms. The molecule has 80 valence electrons. The fourth-order valence-corrected chi connectivity index (χ4v) is 3.12. The van der Waals surface area contributed by atoms with Crippen molar-refractivity contribution in [2.75, 3.05) is 13.1 Å². The lowest BCUT2D eigenvalue weighted by Crippen LogP contribution is -2.32. The van der Waals surface area contributed by atoms with Crippen LogP contribution in [0.5, 0.6) is 0 Å². The third kappa shape index (κ3) is 2.55. The summed E-state index contributed by atoms with van der Waals surface area (Å²) >= 11 is 0. The molecule has 2 rings (SSSR count). The minimum absolute atomic E-state index is 0.490. The molecule has 1 atom stereocenters. The predicted molar refractivity (Wildman–Crippen MR) is 61.0 cm³/mol. The summed E-state index contributed by atoms with van der Waals surface area (Å²) in [6.07, 6.45) is 6.71. The Hall–Kier alpha value is 0.0600. The number of carbonyl (C=O) groups excluding carboxylic acids is 1. The van der Waals surface area contributed by atoms with Gasteiger partial charge in [-0.1, -0.05) is 9.39 Å². The van der Waals surface area contributed by atoms with Gasteiger partial charge in [0, 0.05) is 25.9 Å². The first-order valence-electron chi connectivity index (χ1n) is 5.77. The van der Waals surface area contributed by atoms with Crippen molar-refractivity contribution in [3.05, 3.63) is 0 Å². The van der Waals surface area contributed by atoms with Crippen LogP contribution in [0.25, 0.3) is 0 Å². The van der Waals surface area contributed by atoms with E-state index in [1.54, 1.807) is 0 Å². The summed E-state index contributed by atoms with van der Waals surface area (Å²) in [4.78, 5) is 11.1. The van der Waals surface area contributed by atoms with Gasteiger partial charge in [0.05, 0.1) is 0 Å². The molecule has 0 aromatic carbocycles. The van der Waals surface area contributed by atoms with Crippen molar-refractivity contribution < 1.29 is 4.79 Å². The van der Waals surface area contributed by atoms with Crippen LogP contribution in [0.2, 0.25) is 0 Å². The standard InChI is InChI=1S/C11H20NOP/c13-11-3-1-9(2-4-11)10-5-7-12(14)8-6-10/h9-10H,1-8,14H2. The maximum Gasteiger partial charge on any atom is 0.132 e. The number of ketones is 1. The summed E-state index contributed by atoms with van der Waals surface area (Å²) in [5.41, 5.74) is 0. The Bertz CT molecular complexity index is 201. The number of nitrogens with zero attached hydrogens (tertiary/aromatic N) is 1. The van der Waals surface area contributed by atoms with Crippen LogP contribution in [0.4, 0.5) is 0 Å². The van der Waals surface area contributed by atoms with Crippen LogP contribution in [0.1, 0.15) is 38.5 Å². The lowest BCUT2D eigenvalue weighted by molar-refractivity contribution is -0.121. The SMILES string of the molecule is O=C1CCC(C2CCN(P)CC2)CC1. The summed E-state index contributed by atoms with van der Waals surface area (Å²) in [5.74, 6) is 2.25. The molecule has 1 unspecified atom stereocenters. The molecule has 0 spiro atoms. The van der Waals surface area contributed by atoms with Crippen molar-refractivity contribution in [1.29, 1.82) is 0 Å². The monoisotopic (exact) mass is 213 g/mol. The number of hydrogen-bond acceptors (Lipinski definition) is 2. The zero-order valence-electron chi connectivity index (χ0n) is 8.74. The van der Waals surface area contributed by atoms with Crippen molar-refractivity contribution in [2.45, 2.75) is 38.5 Å². The Morgan fingerprint density at radius 2 is 1.50 bits per heavy atom. The van der Waals surface area contributed by atoms with Gasteiger partial charge in [0.25, 0.3) is 0 Å². The van der Waals surface area contributed by atoms with Gasteiger partial charge in [-0.25, -0.2) is 0 Å². The van der Waals surface area contributed by atoms with Crippen LogP contribution in [0.15, 0.2) is 0 Å². The molecule has 14 heavy (non-hydrogen) atoms. The Morgan fingerprint density at radius 3 is 2.07 bits per heavy atom. The molecule has 3 heteroatoms. The van der Waals surface area contributed by atoms with E-state index < -0.39 is 0 Å². The lowest BCUT2D eigenvalue weighted by Gasteiger charge is -2.35. The second kappa shape index (κ2) is 4.72. The van der Waals surface area contributed by atoms with Crippen LogP contribution in [0, 0.1) is 11.8 Å². The highest BCUT2D eigenvalue weighted by molar-refractivity contribution is 7.13. The van der Waals surface area contributed by atoms with E-state index >= 15 is 0 Å². The molecule has 1 aliphatic heterocycles. The molecule has 0 radical (unpaired) electrons. The molecule has 2 aliphatic rings. The molecule has 1 saturated carbocycles. The molecule has 1 saturated heterocycles. The highest BCUT2D eigenvalue weighted by Crippen LogP contribution is 2.34. The predicted octanol–water partition coefficient (Wildman–Crippen LogP) is 2.25. The van der Waals surface area contributed by atoms with E-state index in [1.165, 1.54) is 38.8 Å². The number of carbonyl (C=O) groups is 1. The fourth-order valence-electron chi connectivity index (χ4n) is 2.82. The lowest BCUT2D eigenvalue weighted by atomic mass is 9.76. The van der Waals surface area contributed by atoms with Crippen LogP contribution >= 0.6 is 9.39 Å². The highest BCUT2D eigenvalue weighted by Gasteiger charge is 2.28. The van der Waals surface area contributed by atoms with Crippen molar-refractivity contribution >= 4 is 15.2 Å². The highest BCUT2D eigenvalue weighted by atomic mass is 31.0.